The molecule has 0 atom stereocenters. The first-order valence-corrected chi connectivity index (χ1v) is 7.53. The number of hydrogen-bond donors (Lipinski definition) is 2. The number of aromatic nitrogens is 4. The zero-order chi connectivity index (χ0) is 17.5. The molecule has 0 aliphatic carbocycles. The molecule has 8 nitrogen and oxygen atoms in total. The number of anilines is 3. The maximum atomic E-state index is 11.4. The predicted octanol–water partition coefficient (Wildman–Crippen LogP) is 2.41. The number of methoxy groups -OCH3 is 1. The van der Waals surface area contributed by atoms with Gasteiger partial charge in [-0.05, 0) is 36.4 Å². The summed E-state index contributed by atoms with van der Waals surface area (Å²) in [6.45, 7) is 0.535. The van der Waals surface area contributed by atoms with E-state index >= 15 is 0 Å². The molecule has 25 heavy (non-hydrogen) atoms. The Morgan fingerprint density at radius 1 is 1.16 bits per heavy atom. The lowest BCUT2D eigenvalue weighted by molar-refractivity contribution is 0.0601. The molecule has 2 heterocycles. The molecule has 0 amide bonds. The largest absolute Gasteiger partial charge is 0.465 e. The van der Waals surface area contributed by atoms with Crippen LogP contribution in [-0.4, -0.2) is 33.2 Å². The maximum Gasteiger partial charge on any atom is 0.337 e. The first-order chi connectivity index (χ1) is 12.2. The van der Waals surface area contributed by atoms with Gasteiger partial charge in [0.1, 0.15) is 0 Å². The van der Waals surface area contributed by atoms with Crippen LogP contribution < -0.4 is 10.6 Å². The zero-order valence-corrected chi connectivity index (χ0v) is 13.5. The molecule has 126 valence electrons. The highest BCUT2D eigenvalue weighted by Crippen LogP contribution is 2.15. The molecule has 0 spiro atoms. The van der Waals surface area contributed by atoms with Gasteiger partial charge in [0.2, 0.25) is 5.95 Å². The third-order valence-electron chi connectivity index (χ3n) is 3.30. The SMILES string of the molecule is COC(=O)c1ccc(Nc2nncc(NCc3ccccn3)n2)cc1. The fraction of sp³-hybridized carbons (Fsp3) is 0.118. The van der Waals surface area contributed by atoms with Gasteiger partial charge >= 0.3 is 5.97 Å². The second-order valence-corrected chi connectivity index (χ2v) is 5.03. The van der Waals surface area contributed by atoms with E-state index in [9.17, 15) is 4.79 Å². The number of carbonyl (C=O) groups is 1. The second kappa shape index (κ2) is 7.82. The van der Waals surface area contributed by atoms with Crippen LogP contribution in [0, 0.1) is 0 Å². The highest BCUT2D eigenvalue weighted by Gasteiger charge is 2.06. The number of carbonyl (C=O) groups excluding carboxylic acids is 1. The molecule has 0 bridgehead atoms. The lowest BCUT2D eigenvalue weighted by Crippen LogP contribution is -2.06. The van der Waals surface area contributed by atoms with Gasteiger partial charge in [0.05, 0.1) is 31.1 Å². The van der Waals surface area contributed by atoms with E-state index in [4.69, 9.17) is 0 Å². The maximum absolute atomic E-state index is 11.4. The topological polar surface area (TPSA) is 102 Å². The highest BCUT2D eigenvalue weighted by molar-refractivity contribution is 5.89. The molecule has 0 unspecified atom stereocenters. The molecule has 2 aromatic heterocycles. The van der Waals surface area contributed by atoms with E-state index in [1.165, 1.54) is 13.3 Å². The highest BCUT2D eigenvalue weighted by atomic mass is 16.5. The number of nitrogens with one attached hydrogen (secondary N) is 2. The third kappa shape index (κ3) is 4.47. The van der Waals surface area contributed by atoms with Gasteiger partial charge in [0, 0.05) is 11.9 Å². The van der Waals surface area contributed by atoms with Crippen LogP contribution in [0.15, 0.2) is 54.9 Å². The smallest absolute Gasteiger partial charge is 0.337 e. The summed E-state index contributed by atoms with van der Waals surface area (Å²) >= 11 is 0. The summed E-state index contributed by atoms with van der Waals surface area (Å²) in [6, 6.07) is 12.5. The molecular weight excluding hydrogens is 320 g/mol. The van der Waals surface area contributed by atoms with E-state index in [0.29, 0.717) is 23.9 Å². The Balaban J connectivity index is 1.64. The van der Waals surface area contributed by atoms with Gasteiger partial charge in [-0.25, -0.2) is 4.79 Å². The molecule has 0 saturated carbocycles. The average molecular weight is 336 g/mol. The summed E-state index contributed by atoms with van der Waals surface area (Å²) in [5.41, 5.74) is 2.10. The van der Waals surface area contributed by atoms with Crippen LogP contribution in [0.3, 0.4) is 0 Å². The normalized spacial score (nSPS) is 10.1. The third-order valence-corrected chi connectivity index (χ3v) is 3.30. The van der Waals surface area contributed by atoms with Gasteiger partial charge in [0.25, 0.3) is 0 Å². The number of rotatable bonds is 6. The average Bonchev–Trinajstić information content (AvgIpc) is 2.67. The van der Waals surface area contributed by atoms with Gasteiger partial charge in [-0.2, -0.15) is 10.1 Å². The number of hydrogen-bond acceptors (Lipinski definition) is 8. The van der Waals surface area contributed by atoms with Crippen LogP contribution >= 0.6 is 0 Å². The number of ether oxygens (including phenoxy) is 1. The van der Waals surface area contributed by atoms with E-state index in [1.807, 2.05) is 18.2 Å². The molecule has 0 saturated heterocycles. The molecule has 8 heteroatoms. The Labute approximate surface area is 144 Å². The number of nitrogens with zero attached hydrogens (tertiary/aromatic N) is 4. The Hall–Kier alpha value is -3.55. The Morgan fingerprint density at radius 3 is 2.72 bits per heavy atom. The van der Waals surface area contributed by atoms with Crippen LogP contribution in [0.5, 0.6) is 0 Å². The van der Waals surface area contributed by atoms with E-state index in [2.05, 4.69) is 35.5 Å². The van der Waals surface area contributed by atoms with Crippen LogP contribution in [0.25, 0.3) is 0 Å². The fourth-order valence-electron chi connectivity index (χ4n) is 2.06. The number of benzene rings is 1. The summed E-state index contributed by atoms with van der Waals surface area (Å²) in [7, 11) is 1.34. The lowest BCUT2D eigenvalue weighted by atomic mass is 10.2. The molecule has 0 aliphatic rings. The van der Waals surface area contributed by atoms with Crippen molar-refractivity contribution in [3.63, 3.8) is 0 Å². The van der Waals surface area contributed by atoms with Gasteiger partial charge in [-0.1, -0.05) is 6.07 Å². The second-order valence-electron chi connectivity index (χ2n) is 5.03. The Bertz CT molecular complexity index is 839. The molecular formula is C17H16N6O2. The Kier molecular flexibility index (Phi) is 5.10. The first kappa shape index (κ1) is 16.3. The minimum Gasteiger partial charge on any atom is -0.465 e. The van der Waals surface area contributed by atoms with Crippen molar-refractivity contribution in [1.82, 2.24) is 20.2 Å². The molecule has 0 fully saturated rings. The van der Waals surface area contributed by atoms with Crippen molar-refractivity contribution < 1.29 is 9.53 Å². The van der Waals surface area contributed by atoms with Crippen molar-refractivity contribution in [2.24, 2.45) is 0 Å². The van der Waals surface area contributed by atoms with E-state index < -0.39 is 0 Å². The van der Waals surface area contributed by atoms with Crippen molar-refractivity contribution >= 4 is 23.4 Å². The quantitative estimate of drug-likeness (QED) is 0.662. The van der Waals surface area contributed by atoms with Crippen LogP contribution in [0.2, 0.25) is 0 Å². The molecule has 2 N–H and O–H groups in total. The van der Waals surface area contributed by atoms with Crippen LogP contribution in [0.1, 0.15) is 16.1 Å². The summed E-state index contributed by atoms with van der Waals surface area (Å²) < 4.78 is 4.67. The van der Waals surface area contributed by atoms with E-state index in [-0.39, 0.29) is 5.97 Å². The number of pyridine rings is 1. The predicted molar refractivity (Wildman–Crippen MR) is 92.5 cm³/mol. The van der Waals surface area contributed by atoms with Crippen molar-refractivity contribution in [2.75, 3.05) is 17.7 Å². The van der Waals surface area contributed by atoms with Crippen LogP contribution in [-0.2, 0) is 11.3 Å². The lowest BCUT2D eigenvalue weighted by Gasteiger charge is -2.08. The Morgan fingerprint density at radius 2 is 2.00 bits per heavy atom. The monoisotopic (exact) mass is 336 g/mol. The summed E-state index contributed by atoms with van der Waals surface area (Å²) in [5, 5.41) is 14.0. The minimum atomic E-state index is -0.384. The van der Waals surface area contributed by atoms with Crippen molar-refractivity contribution in [2.45, 2.75) is 6.54 Å². The molecule has 1 aromatic carbocycles. The summed E-state index contributed by atoms with van der Waals surface area (Å²) in [6.07, 6.45) is 3.27. The minimum absolute atomic E-state index is 0.344. The van der Waals surface area contributed by atoms with Gasteiger partial charge in [-0.15, -0.1) is 5.10 Å². The number of esters is 1. The molecule has 3 rings (SSSR count). The van der Waals surface area contributed by atoms with Crippen molar-refractivity contribution in [3.05, 3.63) is 66.1 Å². The van der Waals surface area contributed by atoms with Gasteiger partial charge in [0.15, 0.2) is 5.82 Å². The van der Waals surface area contributed by atoms with Crippen molar-refractivity contribution in [1.29, 1.82) is 0 Å². The zero-order valence-electron chi connectivity index (χ0n) is 13.5. The fourth-order valence-corrected chi connectivity index (χ4v) is 2.06. The summed E-state index contributed by atoms with van der Waals surface area (Å²) in [5.74, 6) is 0.538. The van der Waals surface area contributed by atoms with Gasteiger partial charge < -0.3 is 15.4 Å². The van der Waals surface area contributed by atoms with E-state index in [1.54, 1.807) is 30.5 Å². The van der Waals surface area contributed by atoms with E-state index in [0.717, 1.165) is 11.4 Å². The molecule has 3 aromatic rings. The van der Waals surface area contributed by atoms with Gasteiger partial charge in [-0.3, -0.25) is 4.98 Å². The molecule has 0 radical (unpaired) electrons. The summed E-state index contributed by atoms with van der Waals surface area (Å²) in [4.78, 5) is 20.0. The molecule has 0 aliphatic heterocycles. The van der Waals surface area contributed by atoms with Crippen LogP contribution in [0.4, 0.5) is 17.5 Å². The first-order valence-electron chi connectivity index (χ1n) is 7.53. The standard InChI is InChI=1S/C17H16N6O2/c1-25-16(24)12-5-7-13(8-6-12)21-17-22-15(11-20-23-17)19-10-14-4-2-3-9-18-14/h2-9,11H,10H2,1H3,(H2,19,21,22,23). The van der Waals surface area contributed by atoms with Crippen molar-refractivity contribution in [3.8, 4) is 0 Å².